The van der Waals surface area contributed by atoms with Gasteiger partial charge in [0.1, 0.15) is 11.5 Å². The average molecular weight is 996 g/mol. The van der Waals surface area contributed by atoms with E-state index in [0.29, 0.717) is 0 Å². The molecule has 0 amide bonds. The molecule has 0 saturated carbocycles. The van der Waals surface area contributed by atoms with Gasteiger partial charge in [0.2, 0.25) is 0 Å². The van der Waals surface area contributed by atoms with Gasteiger partial charge < -0.3 is 9.64 Å². The van der Waals surface area contributed by atoms with Gasteiger partial charge in [0.15, 0.2) is 0 Å². The van der Waals surface area contributed by atoms with Gasteiger partial charge in [-0.05, 0) is 166 Å². The summed E-state index contributed by atoms with van der Waals surface area (Å²) in [5.41, 5.74) is 19.7. The normalized spacial score (nSPS) is 14.2. The summed E-state index contributed by atoms with van der Waals surface area (Å²) < 4.78 is 6.71. The van der Waals surface area contributed by atoms with Crippen LogP contribution in [-0.4, -0.2) is 0 Å². The Hall–Kier alpha value is -9.41. The summed E-state index contributed by atoms with van der Waals surface area (Å²) >= 11 is 1.89. The first-order valence-corrected chi connectivity index (χ1v) is 27.5. The quantitative estimate of drug-likeness (QED) is 0.163. The lowest BCUT2D eigenvalue weighted by Crippen LogP contribution is -2.32. The van der Waals surface area contributed by atoms with Crippen LogP contribution in [0.3, 0.4) is 0 Å². The van der Waals surface area contributed by atoms with E-state index < -0.39 is 10.8 Å². The standard InChI is InChI=1S/C74H45NOS/c1-2-19-53-51(17-1)52-18-3-4-20-54(52)59-43-47(35-40-55(53)59)46-33-36-48(37-34-46)75(49-39-42-63-60(44-49)57-22-6-8-24-62(57)73(63)64-25-9-13-29-69(64)76-70-30-14-10-26-65(70)73)50-38-41-58-56-21-5-7-23-61(56)74(68(58)45-50)66-27-11-15-31-71(66)77-72-32-16-12-28-67(72)74/h1-45H. The fourth-order valence-electron chi connectivity index (χ4n) is 14.3. The molecule has 0 radical (unpaired) electrons. The van der Waals surface area contributed by atoms with Gasteiger partial charge in [0, 0.05) is 38.0 Å². The predicted octanol–water partition coefficient (Wildman–Crippen LogP) is 19.6. The van der Waals surface area contributed by atoms with Gasteiger partial charge in [-0.1, -0.05) is 218 Å². The lowest BCUT2D eigenvalue weighted by Gasteiger charge is -2.40. The summed E-state index contributed by atoms with van der Waals surface area (Å²) in [6, 6.07) is 102. The molecular formula is C74H45NOS. The molecule has 0 N–H and O–H groups in total. The molecule has 2 aliphatic heterocycles. The summed E-state index contributed by atoms with van der Waals surface area (Å²) in [4.78, 5) is 5.09. The highest BCUT2D eigenvalue weighted by Gasteiger charge is 2.52. The number of ether oxygens (including phenoxy) is 1. The van der Waals surface area contributed by atoms with Crippen LogP contribution in [0.4, 0.5) is 17.1 Å². The van der Waals surface area contributed by atoms with Crippen LogP contribution in [0.2, 0.25) is 0 Å². The van der Waals surface area contributed by atoms with Gasteiger partial charge in [-0.25, -0.2) is 0 Å². The number of fused-ring (bicyclic) bond motifs is 24. The lowest BCUT2D eigenvalue weighted by molar-refractivity contribution is 0.436. The van der Waals surface area contributed by atoms with Crippen LogP contribution in [0.15, 0.2) is 283 Å². The van der Waals surface area contributed by atoms with Gasteiger partial charge in [-0.2, -0.15) is 0 Å². The van der Waals surface area contributed by atoms with Crippen LogP contribution in [0.5, 0.6) is 11.5 Å². The molecule has 0 aromatic heterocycles. The lowest BCUT2D eigenvalue weighted by atomic mass is 9.66. The van der Waals surface area contributed by atoms with E-state index >= 15 is 0 Å². The van der Waals surface area contributed by atoms with Gasteiger partial charge in [-0.15, -0.1) is 0 Å². The van der Waals surface area contributed by atoms with Crippen molar-refractivity contribution in [2.24, 2.45) is 0 Å². The van der Waals surface area contributed by atoms with Crippen LogP contribution in [0, 0.1) is 0 Å². The summed E-state index contributed by atoms with van der Waals surface area (Å²) in [6.45, 7) is 0. The molecule has 3 heteroatoms. The van der Waals surface area contributed by atoms with Crippen molar-refractivity contribution in [1.82, 2.24) is 0 Å². The number of hydrogen-bond donors (Lipinski definition) is 0. The van der Waals surface area contributed by atoms with E-state index in [1.54, 1.807) is 0 Å². The van der Waals surface area contributed by atoms with E-state index in [1.807, 2.05) is 11.8 Å². The molecule has 2 heterocycles. The van der Waals surface area contributed by atoms with Crippen molar-refractivity contribution < 1.29 is 4.74 Å². The Morgan fingerprint density at radius 2 is 0.675 bits per heavy atom. The maximum absolute atomic E-state index is 6.71. The van der Waals surface area contributed by atoms with Crippen LogP contribution >= 0.6 is 11.8 Å². The molecule has 2 spiro atoms. The van der Waals surface area contributed by atoms with E-state index in [0.717, 1.165) is 39.7 Å². The Labute approximate surface area is 451 Å². The zero-order valence-electron chi connectivity index (χ0n) is 41.7. The summed E-state index contributed by atoms with van der Waals surface area (Å²) in [7, 11) is 0. The highest BCUT2D eigenvalue weighted by atomic mass is 32.2. The number of anilines is 3. The maximum Gasteiger partial charge on any atom is 0.132 e. The van der Waals surface area contributed by atoms with Gasteiger partial charge in [0.25, 0.3) is 0 Å². The molecule has 13 aromatic rings. The Kier molecular flexibility index (Phi) is 8.94. The maximum atomic E-state index is 6.71. The molecular weight excluding hydrogens is 951 g/mol. The molecule has 4 aliphatic rings. The third-order valence-corrected chi connectivity index (χ3v) is 18.5. The second kappa shape index (κ2) is 16.1. The highest BCUT2D eigenvalue weighted by molar-refractivity contribution is 7.99. The topological polar surface area (TPSA) is 12.5 Å². The van der Waals surface area contributed by atoms with Crippen LogP contribution in [-0.2, 0) is 10.8 Å². The van der Waals surface area contributed by atoms with Gasteiger partial charge >= 0.3 is 0 Å². The van der Waals surface area contributed by atoms with E-state index in [4.69, 9.17) is 4.74 Å². The number of nitrogens with zero attached hydrogens (tertiary/aromatic N) is 1. The smallest absolute Gasteiger partial charge is 0.132 e. The fraction of sp³-hybridized carbons (Fsp3) is 0.0270. The highest BCUT2D eigenvalue weighted by Crippen LogP contribution is 2.65. The van der Waals surface area contributed by atoms with E-state index in [-0.39, 0.29) is 0 Å². The van der Waals surface area contributed by atoms with Crippen molar-refractivity contribution in [3.63, 3.8) is 0 Å². The third kappa shape index (κ3) is 5.76. The summed E-state index contributed by atoms with van der Waals surface area (Å²) in [5, 5.41) is 7.67. The minimum absolute atomic E-state index is 0.519. The van der Waals surface area contributed by atoms with Crippen molar-refractivity contribution in [2.75, 3.05) is 4.90 Å². The van der Waals surface area contributed by atoms with Crippen LogP contribution in [0.25, 0.3) is 65.7 Å². The molecule has 0 fully saturated rings. The van der Waals surface area contributed by atoms with Crippen molar-refractivity contribution in [3.05, 3.63) is 317 Å². The fourth-order valence-corrected chi connectivity index (χ4v) is 15.5. The summed E-state index contributed by atoms with van der Waals surface area (Å²) in [6.07, 6.45) is 0. The SMILES string of the molecule is c1ccc2c(c1)Oc1ccccc1C21c2ccccc2-c2cc(N(c3ccc(-c4ccc5c6ccccc6c6ccccc6c5c4)cc3)c3ccc4c(c3)C3(c5ccccc5Sc5ccccc53)c3ccccc3-4)ccc21. The molecule has 2 aliphatic carbocycles. The molecule has 2 nitrogen and oxygen atoms in total. The Bertz CT molecular complexity index is 4540. The zero-order valence-corrected chi connectivity index (χ0v) is 42.6. The zero-order chi connectivity index (χ0) is 50.4. The van der Waals surface area contributed by atoms with E-state index in [2.05, 4.69) is 278 Å². The molecule has 13 aromatic carbocycles. The molecule has 0 atom stereocenters. The Morgan fingerprint density at radius 3 is 1.30 bits per heavy atom. The number of hydrogen-bond acceptors (Lipinski definition) is 3. The van der Waals surface area contributed by atoms with Crippen molar-refractivity contribution in [3.8, 4) is 44.9 Å². The average Bonchev–Trinajstić information content (AvgIpc) is 4.13. The number of rotatable bonds is 4. The second-order valence-corrected chi connectivity index (χ2v) is 22.1. The minimum atomic E-state index is -0.564. The molecule has 0 saturated heterocycles. The van der Waals surface area contributed by atoms with E-state index in [9.17, 15) is 0 Å². The third-order valence-electron chi connectivity index (χ3n) is 17.4. The van der Waals surface area contributed by atoms with E-state index in [1.165, 1.54) is 109 Å². The molecule has 77 heavy (non-hydrogen) atoms. The number of para-hydroxylation sites is 2. The van der Waals surface area contributed by atoms with Gasteiger partial charge in [0.05, 0.1) is 10.8 Å². The van der Waals surface area contributed by atoms with Gasteiger partial charge in [-0.3, -0.25) is 0 Å². The largest absolute Gasteiger partial charge is 0.457 e. The molecule has 0 unspecified atom stereocenters. The van der Waals surface area contributed by atoms with Crippen LogP contribution in [0.1, 0.15) is 44.5 Å². The first-order chi connectivity index (χ1) is 38.2. The first kappa shape index (κ1) is 42.9. The second-order valence-electron chi connectivity index (χ2n) is 21.0. The monoisotopic (exact) mass is 995 g/mol. The predicted molar refractivity (Wildman–Crippen MR) is 318 cm³/mol. The Balaban J connectivity index is 0.891. The summed E-state index contributed by atoms with van der Waals surface area (Å²) in [5.74, 6) is 1.79. The van der Waals surface area contributed by atoms with Crippen molar-refractivity contribution >= 4 is 61.1 Å². The van der Waals surface area contributed by atoms with Crippen LogP contribution < -0.4 is 9.64 Å². The Morgan fingerprint density at radius 1 is 0.260 bits per heavy atom. The van der Waals surface area contributed by atoms with Crippen molar-refractivity contribution in [2.45, 2.75) is 20.6 Å². The number of benzene rings is 13. The molecule has 0 bridgehead atoms. The van der Waals surface area contributed by atoms with Crippen molar-refractivity contribution in [1.29, 1.82) is 0 Å². The first-order valence-electron chi connectivity index (χ1n) is 26.6. The molecule has 17 rings (SSSR count). The minimum Gasteiger partial charge on any atom is -0.457 e. The molecule has 358 valence electrons.